The van der Waals surface area contributed by atoms with Crippen molar-refractivity contribution in [3.63, 3.8) is 0 Å². The largest absolute Gasteiger partial charge is 0.490 e. The van der Waals surface area contributed by atoms with Gasteiger partial charge < -0.3 is 9.47 Å². The van der Waals surface area contributed by atoms with Crippen molar-refractivity contribution in [2.75, 3.05) is 6.61 Å². The molecule has 0 bridgehead atoms. The smallest absolute Gasteiger partial charge is 0.157 e. The third kappa shape index (κ3) is 3.80. The summed E-state index contributed by atoms with van der Waals surface area (Å²) in [6.45, 7) is 0.872. The van der Waals surface area contributed by atoms with Gasteiger partial charge in [-0.25, -0.2) is 0 Å². The highest BCUT2D eigenvalue weighted by Gasteiger charge is 2.22. The normalized spacial score (nSPS) is 25.2. The minimum atomic E-state index is 0.412. The second-order valence-corrected chi connectivity index (χ2v) is 6.41. The maximum absolute atomic E-state index is 6.14. The van der Waals surface area contributed by atoms with Gasteiger partial charge in [0, 0.05) is 0 Å². The zero-order valence-corrected chi connectivity index (χ0v) is 12.5. The molecule has 0 spiro atoms. The predicted octanol–water partition coefficient (Wildman–Crippen LogP) is 4.92. The molecule has 2 heteroatoms. The van der Waals surface area contributed by atoms with Crippen molar-refractivity contribution < 1.29 is 9.47 Å². The molecule has 111 valence electrons. The lowest BCUT2D eigenvalue weighted by molar-refractivity contribution is 0.0806. The van der Waals surface area contributed by atoms with Gasteiger partial charge in [0.2, 0.25) is 0 Å². The summed E-state index contributed by atoms with van der Waals surface area (Å²) >= 11 is 0. The standard InChI is InChI=1S/C18H27O2/c1-2-8-15(9-3-1)14-19-17-12-6-7-13-18(17)20-16-10-4-5-11-16/h7,12-13,15-16H,1-6,8-11,14H2. The summed E-state index contributed by atoms with van der Waals surface area (Å²) in [6, 6.07) is 0. The van der Waals surface area contributed by atoms with E-state index in [1.54, 1.807) is 0 Å². The van der Waals surface area contributed by atoms with Crippen LogP contribution in [0, 0.1) is 12.3 Å². The maximum Gasteiger partial charge on any atom is 0.157 e. The fourth-order valence-electron chi connectivity index (χ4n) is 3.51. The molecule has 3 aliphatic carbocycles. The fraction of sp³-hybridized carbons (Fsp3) is 0.722. The number of hydrogen-bond acceptors (Lipinski definition) is 2. The number of rotatable bonds is 5. The monoisotopic (exact) mass is 275 g/mol. The van der Waals surface area contributed by atoms with Crippen LogP contribution in [0.2, 0.25) is 0 Å². The number of hydrogen-bond donors (Lipinski definition) is 0. The van der Waals surface area contributed by atoms with Gasteiger partial charge >= 0.3 is 0 Å². The summed E-state index contributed by atoms with van der Waals surface area (Å²) in [6.07, 6.45) is 19.7. The molecule has 0 saturated heterocycles. The van der Waals surface area contributed by atoms with Crippen LogP contribution in [0.15, 0.2) is 23.7 Å². The quantitative estimate of drug-likeness (QED) is 0.709. The molecule has 2 fully saturated rings. The maximum atomic E-state index is 6.14. The molecule has 20 heavy (non-hydrogen) atoms. The van der Waals surface area contributed by atoms with Gasteiger partial charge in [0.15, 0.2) is 11.5 Å². The van der Waals surface area contributed by atoms with Crippen LogP contribution in [0.25, 0.3) is 0 Å². The van der Waals surface area contributed by atoms with Crippen molar-refractivity contribution in [3.05, 3.63) is 30.1 Å². The minimum Gasteiger partial charge on any atom is -0.490 e. The van der Waals surface area contributed by atoms with Crippen LogP contribution in [-0.4, -0.2) is 12.7 Å². The van der Waals surface area contributed by atoms with Crippen molar-refractivity contribution in [1.29, 1.82) is 0 Å². The fourth-order valence-corrected chi connectivity index (χ4v) is 3.51. The molecule has 0 N–H and O–H groups in total. The van der Waals surface area contributed by atoms with Gasteiger partial charge in [0.1, 0.15) is 0 Å². The highest BCUT2D eigenvalue weighted by Crippen LogP contribution is 2.30. The first kappa shape index (κ1) is 14.0. The van der Waals surface area contributed by atoms with E-state index in [0.29, 0.717) is 6.10 Å². The lowest BCUT2D eigenvalue weighted by Gasteiger charge is -2.25. The molecule has 0 aromatic heterocycles. The summed E-state index contributed by atoms with van der Waals surface area (Å²) in [4.78, 5) is 0. The highest BCUT2D eigenvalue weighted by atomic mass is 16.5. The predicted molar refractivity (Wildman–Crippen MR) is 81.0 cm³/mol. The Balaban J connectivity index is 1.50. The van der Waals surface area contributed by atoms with E-state index >= 15 is 0 Å². The molecule has 0 heterocycles. The van der Waals surface area contributed by atoms with Crippen molar-refractivity contribution >= 4 is 0 Å². The van der Waals surface area contributed by atoms with E-state index in [0.717, 1.165) is 30.5 Å². The van der Waals surface area contributed by atoms with E-state index in [2.05, 4.69) is 18.6 Å². The molecule has 3 aliphatic rings. The third-order valence-electron chi connectivity index (χ3n) is 4.75. The van der Waals surface area contributed by atoms with Crippen molar-refractivity contribution in [2.45, 2.75) is 70.3 Å². The van der Waals surface area contributed by atoms with Crippen LogP contribution in [0.1, 0.15) is 64.2 Å². The van der Waals surface area contributed by atoms with Crippen LogP contribution in [-0.2, 0) is 9.47 Å². The lowest BCUT2D eigenvalue weighted by atomic mass is 9.90. The topological polar surface area (TPSA) is 18.5 Å². The molecule has 1 radical (unpaired) electrons. The minimum absolute atomic E-state index is 0.412. The van der Waals surface area contributed by atoms with Crippen molar-refractivity contribution in [2.24, 2.45) is 5.92 Å². The first-order valence-corrected chi connectivity index (χ1v) is 8.45. The van der Waals surface area contributed by atoms with E-state index < -0.39 is 0 Å². The van der Waals surface area contributed by atoms with Gasteiger partial charge in [0.05, 0.1) is 12.7 Å². The van der Waals surface area contributed by atoms with Gasteiger partial charge in [0.25, 0.3) is 0 Å². The summed E-state index contributed by atoms with van der Waals surface area (Å²) in [5.41, 5.74) is 0. The molecule has 0 aliphatic heterocycles. The van der Waals surface area contributed by atoms with Crippen LogP contribution >= 0.6 is 0 Å². The van der Waals surface area contributed by atoms with E-state index in [-0.39, 0.29) is 0 Å². The Morgan fingerprint density at radius 3 is 2.45 bits per heavy atom. The van der Waals surface area contributed by atoms with Gasteiger partial charge in [-0.2, -0.15) is 0 Å². The Labute approximate surface area is 123 Å². The highest BCUT2D eigenvalue weighted by molar-refractivity contribution is 5.28. The average Bonchev–Trinajstić information content (AvgIpc) is 3.00. The third-order valence-corrected chi connectivity index (χ3v) is 4.75. The molecule has 2 nitrogen and oxygen atoms in total. The number of ether oxygens (including phenoxy) is 2. The van der Waals surface area contributed by atoms with E-state index in [9.17, 15) is 0 Å². The van der Waals surface area contributed by atoms with Crippen LogP contribution in [0.5, 0.6) is 0 Å². The van der Waals surface area contributed by atoms with Crippen LogP contribution in [0.4, 0.5) is 0 Å². The Hall–Kier alpha value is -0.920. The van der Waals surface area contributed by atoms with Gasteiger partial charge in [-0.15, -0.1) is 0 Å². The molecule has 0 amide bonds. The van der Waals surface area contributed by atoms with Crippen LogP contribution < -0.4 is 0 Å². The molecular weight excluding hydrogens is 248 g/mol. The molecular formula is C18H27O2. The Kier molecular flexibility index (Phi) is 5.05. The second-order valence-electron chi connectivity index (χ2n) is 6.41. The molecule has 0 unspecified atom stereocenters. The summed E-state index contributed by atoms with van der Waals surface area (Å²) in [7, 11) is 0. The first-order chi connectivity index (χ1) is 9.92. The van der Waals surface area contributed by atoms with Crippen LogP contribution in [0.3, 0.4) is 0 Å². The average molecular weight is 275 g/mol. The van der Waals surface area contributed by atoms with Gasteiger partial charge in [-0.1, -0.05) is 19.3 Å². The first-order valence-electron chi connectivity index (χ1n) is 8.45. The Morgan fingerprint density at radius 1 is 0.900 bits per heavy atom. The van der Waals surface area contributed by atoms with Crippen molar-refractivity contribution in [3.8, 4) is 0 Å². The van der Waals surface area contributed by atoms with E-state index in [1.807, 2.05) is 0 Å². The summed E-state index contributed by atoms with van der Waals surface area (Å²) < 4.78 is 12.2. The molecule has 0 aromatic rings. The van der Waals surface area contributed by atoms with Gasteiger partial charge in [-0.3, -0.25) is 0 Å². The molecule has 3 rings (SSSR count). The second kappa shape index (κ2) is 7.19. The SMILES string of the molecule is [CH]1C=C(OC2CCCC2)C(OCC2CCCCC2)=CC1. The Bertz CT molecular complexity index is 358. The zero-order chi connectivity index (χ0) is 13.6. The number of allylic oxidation sites excluding steroid dienone is 2. The Morgan fingerprint density at radius 2 is 1.65 bits per heavy atom. The molecule has 0 atom stereocenters. The lowest BCUT2D eigenvalue weighted by Crippen LogP contribution is -2.16. The molecule has 0 aromatic carbocycles. The molecule has 2 saturated carbocycles. The summed E-state index contributed by atoms with van der Waals surface area (Å²) in [5, 5.41) is 0. The van der Waals surface area contributed by atoms with Gasteiger partial charge in [-0.05, 0) is 69.4 Å². The summed E-state index contributed by atoms with van der Waals surface area (Å²) in [5.74, 6) is 2.72. The van der Waals surface area contributed by atoms with E-state index in [4.69, 9.17) is 9.47 Å². The van der Waals surface area contributed by atoms with E-state index in [1.165, 1.54) is 57.8 Å². The van der Waals surface area contributed by atoms with Crippen molar-refractivity contribution in [1.82, 2.24) is 0 Å². The zero-order valence-electron chi connectivity index (χ0n) is 12.5.